The van der Waals surface area contributed by atoms with E-state index in [0.717, 1.165) is 16.7 Å². The highest BCUT2D eigenvalue weighted by Gasteiger charge is 2.20. The molecule has 0 saturated carbocycles. The second kappa shape index (κ2) is 8.88. The Morgan fingerprint density at radius 2 is 1.86 bits per heavy atom. The zero-order valence-corrected chi connectivity index (χ0v) is 19.5. The van der Waals surface area contributed by atoms with Gasteiger partial charge in [0.25, 0.3) is 5.56 Å². The van der Waals surface area contributed by atoms with Crippen LogP contribution in [0.2, 0.25) is 0 Å². The van der Waals surface area contributed by atoms with Crippen molar-refractivity contribution in [1.82, 2.24) is 24.7 Å². The van der Waals surface area contributed by atoms with Crippen molar-refractivity contribution >= 4 is 22.7 Å². The van der Waals surface area contributed by atoms with Gasteiger partial charge in [-0.3, -0.25) is 14.3 Å². The Kier molecular flexibility index (Phi) is 5.42. The van der Waals surface area contributed by atoms with Crippen molar-refractivity contribution in [3.63, 3.8) is 0 Å². The maximum Gasteiger partial charge on any atom is 0.262 e. The zero-order valence-electron chi connectivity index (χ0n) is 18.7. The Balaban J connectivity index is 1.35. The normalized spacial score (nSPS) is 12.4. The van der Waals surface area contributed by atoms with Crippen molar-refractivity contribution in [2.75, 3.05) is 6.79 Å². The number of thioether (sulfide) groups is 1. The third-order valence-corrected chi connectivity index (χ3v) is 6.53. The molecule has 0 spiro atoms. The number of aromatic nitrogens is 5. The number of benzene rings is 2. The smallest absolute Gasteiger partial charge is 0.262 e. The van der Waals surface area contributed by atoms with Gasteiger partial charge < -0.3 is 14.0 Å². The third-order valence-electron chi connectivity index (χ3n) is 5.57. The van der Waals surface area contributed by atoms with Crippen LogP contribution >= 0.6 is 11.8 Å². The molecule has 35 heavy (non-hydrogen) atoms. The lowest BCUT2D eigenvalue weighted by Crippen LogP contribution is -2.24. The molecule has 0 saturated heterocycles. The van der Waals surface area contributed by atoms with Gasteiger partial charge in [-0.25, -0.2) is 4.98 Å². The van der Waals surface area contributed by atoms with Gasteiger partial charge in [0.05, 0.1) is 23.2 Å². The van der Waals surface area contributed by atoms with Crippen LogP contribution in [0.4, 0.5) is 0 Å². The van der Waals surface area contributed by atoms with Crippen LogP contribution in [0.5, 0.6) is 11.5 Å². The molecule has 0 N–H and O–H groups in total. The molecule has 0 atom stereocenters. The summed E-state index contributed by atoms with van der Waals surface area (Å²) in [5.74, 6) is 2.45. The van der Waals surface area contributed by atoms with E-state index < -0.39 is 0 Å². The molecule has 0 fully saturated rings. The number of fused-ring (bicyclic) bond motifs is 2. The van der Waals surface area contributed by atoms with E-state index in [-0.39, 0.29) is 12.4 Å². The van der Waals surface area contributed by atoms with Crippen LogP contribution in [0.25, 0.3) is 22.3 Å². The third kappa shape index (κ3) is 4.24. The fraction of sp³-hybridized carbons (Fsp3) is 0.160. The van der Waals surface area contributed by atoms with Crippen LogP contribution in [0, 0.1) is 6.92 Å². The minimum atomic E-state index is -0.168. The summed E-state index contributed by atoms with van der Waals surface area (Å²) in [4.78, 5) is 26.9. The molecule has 174 valence electrons. The Morgan fingerprint density at radius 1 is 1.03 bits per heavy atom. The summed E-state index contributed by atoms with van der Waals surface area (Å²) in [7, 11) is 0. The number of rotatable bonds is 6. The van der Waals surface area contributed by atoms with Crippen LogP contribution < -0.4 is 15.0 Å². The van der Waals surface area contributed by atoms with Gasteiger partial charge in [0, 0.05) is 24.0 Å². The highest BCUT2D eigenvalue weighted by atomic mass is 32.2. The zero-order chi connectivity index (χ0) is 23.8. The number of aryl methyl sites for hydroxylation is 1. The summed E-state index contributed by atoms with van der Waals surface area (Å²) >= 11 is 1.36. The number of pyridine rings is 1. The molecular weight excluding hydrogens is 466 g/mol. The van der Waals surface area contributed by atoms with E-state index in [1.54, 1.807) is 29.1 Å². The predicted molar refractivity (Wildman–Crippen MR) is 129 cm³/mol. The van der Waals surface area contributed by atoms with Crippen LogP contribution in [0.15, 0.2) is 75.4 Å². The second-order valence-corrected chi connectivity index (χ2v) is 8.98. The van der Waals surface area contributed by atoms with Gasteiger partial charge in [-0.2, -0.15) is 4.98 Å². The molecule has 1 aliphatic rings. The molecular formula is C25H19N5O4S. The van der Waals surface area contributed by atoms with E-state index in [4.69, 9.17) is 19.0 Å². The summed E-state index contributed by atoms with van der Waals surface area (Å²) in [5, 5.41) is 5.11. The molecule has 3 aromatic heterocycles. The minimum Gasteiger partial charge on any atom is -0.454 e. The first-order valence-electron chi connectivity index (χ1n) is 10.9. The van der Waals surface area contributed by atoms with E-state index in [2.05, 4.69) is 15.1 Å². The van der Waals surface area contributed by atoms with Crippen molar-refractivity contribution < 1.29 is 14.0 Å². The number of nitrogens with zero attached hydrogens (tertiary/aromatic N) is 5. The van der Waals surface area contributed by atoms with Crippen LogP contribution in [0.1, 0.15) is 17.0 Å². The van der Waals surface area contributed by atoms with Gasteiger partial charge >= 0.3 is 0 Å². The van der Waals surface area contributed by atoms with Gasteiger partial charge in [0.1, 0.15) is 0 Å². The monoisotopic (exact) mass is 485 g/mol. The van der Waals surface area contributed by atoms with Crippen molar-refractivity contribution in [2.24, 2.45) is 0 Å². The fourth-order valence-electron chi connectivity index (χ4n) is 3.85. The Hall–Kier alpha value is -4.18. The topological polar surface area (TPSA) is 105 Å². The molecule has 10 heteroatoms. The van der Waals surface area contributed by atoms with Crippen molar-refractivity contribution in [1.29, 1.82) is 0 Å². The average molecular weight is 486 g/mol. The van der Waals surface area contributed by atoms with E-state index in [1.165, 1.54) is 11.8 Å². The lowest BCUT2D eigenvalue weighted by atomic mass is 10.1. The largest absolute Gasteiger partial charge is 0.454 e. The summed E-state index contributed by atoms with van der Waals surface area (Å²) in [5.41, 5.74) is 3.31. The summed E-state index contributed by atoms with van der Waals surface area (Å²) < 4.78 is 18.1. The first-order valence-corrected chi connectivity index (χ1v) is 11.9. The van der Waals surface area contributed by atoms with Gasteiger partial charge in [0.2, 0.25) is 18.5 Å². The number of ether oxygens (including phenoxy) is 2. The molecule has 4 heterocycles. The molecule has 0 unspecified atom stereocenters. The van der Waals surface area contributed by atoms with E-state index in [1.807, 2.05) is 43.3 Å². The fourth-order valence-corrected chi connectivity index (χ4v) is 4.69. The van der Waals surface area contributed by atoms with Gasteiger partial charge in [-0.1, -0.05) is 40.7 Å². The molecule has 0 aliphatic carbocycles. The SMILES string of the molecule is Cc1cccc(-c2noc(CSc3nc4cc5c(cc4c(=O)n3Cc3ccncc3)OCO5)n2)c1. The number of hydrogen-bond acceptors (Lipinski definition) is 9. The quantitative estimate of drug-likeness (QED) is 0.258. The molecule has 2 aromatic carbocycles. The average Bonchev–Trinajstić information content (AvgIpc) is 3.54. The van der Waals surface area contributed by atoms with Crippen LogP contribution in [-0.2, 0) is 12.3 Å². The molecule has 5 aromatic rings. The molecule has 0 radical (unpaired) electrons. The lowest BCUT2D eigenvalue weighted by molar-refractivity contribution is 0.174. The Bertz CT molecular complexity index is 1600. The molecule has 0 amide bonds. The van der Waals surface area contributed by atoms with Crippen LogP contribution in [0.3, 0.4) is 0 Å². The van der Waals surface area contributed by atoms with Gasteiger partial charge in [0.15, 0.2) is 16.7 Å². The summed E-state index contributed by atoms with van der Waals surface area (Å²) in [6, 6.07) is 15.1. The second-order valence-electron chi connectivity index (χ2n) is 8.03. The van der Waals surface area contributed by atoms with Crippen LogP contribution in [-0.4, -0.2) is 31.5 Å². The van der Waals surface area contributed by atoms with Crippen molar-refractivity contribution in [3.05, 3.63) is 88.3 Å². The Morgan fingerprint density at radius 3 is 2.69 bits per heavy atom. The number of hydrogen-bond donors (Lipinski definition) is 0. The van der Waals surface area contributed by atoms with E-state index in [0.29, 0.717) is 51.6 Å². The highest BCUT2D eigenvalue weighted by molar-refractivity contribution is 7.98. The summed E-state index contributed by atoms with van der Waals surface area (Å²) in [6.07, 6.45) is 3.40. The first kappa shape index (κ1) is 21.4. The van der Waals surface area contributed by atoms with Gasteiger partial charge in [-0.05, 0) is 36.8 Å². The van der Waals surface area contributed by atoms with Crippen molar-refractivity contribution in [3.8, 4) is 22.9 Å². The molecule has 0 bridgehead atoms. The lowest BCUT2D eigenvalue weighted by Gasteiger charge is -2.13. The summed E-state index contributed by atoms with van der Waals surface area (Å²) in [6.45, 7) is 2.48. The molecule has 9 nitrogen and oxygen atoms in total. The van der Waals surface area contributed by atoms with Gasteiger partial charge in [-0.15, -0.1) is 0 Å². The van der Waals surface area contributed by atoms with E-state index in [9.17, 15) is 4.79 Å². The maximum atomic E-state index is 13.5. The van der Waals surface area contributed by atoms with E-state index >= 15 is 0 Å². The Labute approximate surface area is 203 Å². The first-order chi connectivity index (χ1) is 17.1. The maximum absolute atomic E-state index is 13.5. The minimum absolute atomic E-state index is 0.124. The predicted octanol–water partition coefficient (Wildman–Crippen LogP) is 4.22. The highest BCUT2D eigenvalue weighted by Crippen LogP contribution is 2.35. The standard InChI is InChI=1S/C25H19N5O4S/c1-15-3-2-4-17(9-15)23-28-22(34-29-23)13-35-25-27-19-11-21-20(32-14-33-21)10-18(19)24(31)30(25)12-16-5-7-26-8-6-16/h2-11H,12-14H2,1H3. The molecule has 6 rings (SSSR count). The van der Waals surface area contributed by atoms with Crippen molar-refractivity contribution in [2.45, 2.75) is 24.4 Å². The molecule has 1 aliphatic heterocycles.